The molecule has 1 atom stereocenters. The van der Waals surface area contributed by atoms with Crippen molar-refractivity contribution >= 4 is 39.7 Å². The Morgan fingerprint density at radius 1 is 1.58 bits per heavy atom. The van der Waals surface area contributed by atoms with Crippen LogP contribution in [-0.4, -0.2) is 40.6 Å². The van der Waals surface area contributed by atoms with Crippen LogP contribution in [0.3, 0.4) is 0 Å². The Hall–Kier alpha value is -0.670. The number of sulfonamides is 1. The summed E-state index contributed by atoms with van der Waals surface area (Å²) in [7, 11) is -2.44. The number of hydrogen-bond donors (Lipinski definition) is 2. The van der Waals surface area contributed by atoms with Gasteiger partial charge < -0.3 is 10.1 Å². The van der Waals surface area contributed by atoms with Crippen molar-refractivity contribution in [3.05, 3.63) is 16.3 Å². The van der Waals surface area contributed by atoms with Crippen LogP contribution in [0.5, 0.6) is 0 Å². The molecule has 108 valence electrons. The van der Waals surface area contributed by atoms with E-state index in [1.165, 1.54) is 13.2 Å². The minimum atomic E-state index is -3.67. The Kier molecular flexibility index (Phi) is 5.75. The molecule has 1 aliphatic heterocycles. The van der Waals surface area contributed by atoms with E-state index in [0.29, 0.717) is 6.54 Å². The summed E-state index contributed by atoms with van der Waals surface area (Å²) < 4.78 is 31.5. The highest BCUT2D eigenvalue weighted by molar-refractivity contribution is 7.89. The summed E-state index contributed by atoms with van der Waals surface area (Å²) in [6.07, 6.45) is 0.747. The number of nitrogens with one attached hydrogen (secondary N) is 2. The molecule has 1 fully saturated rings. The summed E-state index contributed by atoms with van der Waals surface area (Å²) in [6, 6.07) is 1.29. The molecular formula is C10H15ClN2O4S2. The third kappa shape index (κ3) is 3.67. The fourth-order valence-electron chi connectivity index (χ4n) is 1.79. The maximum Gasteiger partial charge on any atom is 0.349 e. The molecule has 9 heteroatoms. The van der Waals surface area contributed by atoms with Crippen molar-refractivity contribution in [3.8, 4) is 0 Å². The van der Waals surface area contributed by atoms with Gasteiger partial charge in [0.05, 0.1) is 7.11 Å². The number of rotatable bonds is 4. The lowest BCUT2D eigenvalue weighted by atomic mass is 10.3. The zero-order valence-electron chi connectivity index (χ0n) is 10.2. The summed E-state index contributed by atoms with van der Waals surface area (Å²) in [5, 5.41) is 4.64. The van der Waals surface area contributed by atoms with Gasteiger partial charge in [0, 0.05) is 12.6 Å². The van der Waals surface area contributed by atoms with Gasteiger partial charge in [-0.25, -0.2) is 17.9 Å². The molecule has 1 aromatic heterocycles. The molecule has 6 nitrogen and oxygen atoms in total. The lowest BCUT2D eigenvalue weighted by molar-refractivity contribution is 0.0602. The van der Waals surface area contributed by atoms with Crippen LogP contribution in [-0.2, 0) is 14.8 Å². The number of ether oxygens (including phenoxy) is 1. The largest absolute Gasteiger partial charge is 0.465 e. The Balaban J connectivity index is 0.00000180. The molecule has 0 saturated carbocycles. The second-order valence-corrected chi connectivity index (χ2v) is 6.52. The van der Waals surface area contributed by atoms with E-state index in [0.717, 1.165) is 24.3 Å². The molecule has 2 heterocycles. The molecule has 0 amide bonds. The fourth-order valence-corrected chi connectivity index (χ4v) is 4.39. The average Bonchev–Trinajstić information content (AvgIpc) is 2.97. The zero-order valence-corrected chi connectivity index (χ0v) is 12.7. The first-order chi connectivity index (χ1) is 8.54. The number of thiophene rings is 1. The van der Waals surface area contributed by atoms with Crippen LogP contribution in [0.2, 0.25) is 0 Å². The molecule has 2 N–H and O–H groups in total. The molecule has 1 unspecified atom stereocenters. The smallest absolute Gasteiger partial charge is 0.349 e. The Labute approximate surface area is 122 Å². The van der Waals surface area contributed by atoms with E-state index in [4.69, 9.17) is 0 Å². The lowest BCUT2D eigenvalue weighted by Gasteiger charge is -2.11. The van der Waals surface area contributed by atoms with E-state index in [2.05, 4.69) is 14.8 Å². The molecule has 0 spiro atoms. The summed E-state index contributed by atoms with van der Waals surface area (Å²) in [5.74, 6) is -0.630. The van der Waals surface area contributed by atoms with E-state index in [-0.39, 0.29) is 28.2 Å². The minimum absolute atomic E-state index is 0. The van der Waals surface area contributed by atoms with Gasteiger partial charge in [-0.15, -0.1) is 23.7 Å². The maximum atomic E-state index is 12.2. The molecule has 1 aromatic rings. The van der Waals surface area contributed by atoms with Crippen LogP contribution in [0.4, 0.5) is 0 Å². The van der Waals surface area contributed by atoms with Gasteiger partial charge in [-0.3, -0.25) is 0 Å². The molecule has 0 aliphatic carbocycles. The number of halogens is 1. The van der Waals surface area contributed by atoms with E-state index in [9.17, 15) is 13.2 Å². The van der Waals surface area contributed by atoms with Crippen LogP contribution >= 0.6 is 23.7 Å². The van der Waals surface area contributed by atoms with Gasteiger partial charge in [-0.2, -0.15) is 0 Å². The maximum absolute atomic E-state index is 12.2. The predicted molar refractivity (Wildman–Crippen MR) is 74.5 cm³/mol. The third-order valence-electron chi connectivity index (χ3n) is 2.67. The second kappa shape index (κ2) is 6.67. The highest BCUT2D eigenvalue weighted by atomic mass is 35.5. The highest BCUT2D eigenvalue weighted by Crippen LogP contribution is 2.23. The van der Waals surface area contributed by atoms with Crippen molar-refractivity contribution in [3.63, 3.8) is 0 Å². The third-order valence-corrected chi connectivity index (χ3v) is 5.26. The van der Waals surface area contributed by atoms with Crippen molar-refractivity contribution in [2.75, 3.05) is 20.2 Å². The first-order valence-electron chi connectivity index (χ1n) is 5.43. The van der Waals surface area contributed by atoms with E-state index < -0.39 is 16.0 Å². The molecule has 0 bridgehead atoms. The van der Waals surface area contributed by atoms with Crippen molar-refractivity contribution in [1.29, 1.82) is 0 Å². The average molecular weight is 327 g/mol. The molecule has 0 aromatic carbocycles. The number of hydrogen-bond acceptors (Lipinski definition) is 6. The summed E-state index contributed by atoms with van der Waals surface area (Å²) in [4.78, 5) is 11.6. The first kappa shape index (κ1) is 16.4. The molecule has 0 radical (unpaired) electrons. The van der Waals surface area contributed by atoms with Crippen molar-refractivity contribution in [2.45, 2.75) is 17.4 Å². The van der Waals surface area contributed by atoms with Gasteiger partial charge in [-0.05, 0) is 24.4 Å². The van der Waals surface area contributed by atoms with Gasteiger partial charge in [0.15, 0.2) is 0 Å². The van der Waals surface area contributed by atoms with E-state index >= 15 is 0 Å². The number of carbonyl (C=O) groups excluding carboxylic acids is 1. The van der Waals surface area contributed by atoms with Gasteiger partial charge >= 0.3 is 5.97 Å². The van der Waals surface area contributed by atoms with Crippen LogP contribution in [0, 0.1) is 0 Å². The predicted octanol–water partition coefficient (Wildman–Crippen LogP) is 0.597. The SMILES string of the molecule is COC(=O)c1sccc1S(=O)(=O)NC1CCNC1.Cl. The topological polar surface area (TPSA) is 84.5 Å². The second-order valence-electron chi connectivity index (χ2n) is 3.92. The van der Waals surface area contributed by atoms with Crippen molar-refractivity contribution in [1.82, 2.24) is 10.0 Å². The van der Waals surface area contributed by atoms with Crippen LogP contribution in [0.15, 0.2) is 16.3 Å². The quantitative estimate of drug-likeness (QED) is 0.791. The molecule has 1 saturated heterocycles. The Morgan fingerprint density at radius 2 is 2.32 bits per heavy atom. The van der Waals surface area contributed by atoms with Crippen molar-refractivity contribution in [2.24, 2.45) is 0 Å². The molecule has 2 rings (SSSR count). The van der Waals surface area contributed by atoms with E-state index in [1.54, 1.807) is 5.38 Å². The van der Waals surface area contributed by atoms with Gasteiger partial charge in [0.2, 0.25) is 10.0 Å². The van der Waals surface area contributed by atoms with Gasteiger partial charge in [-0.1, -0.05) is 0 Å². The minimum Gasteiger partial charge on any atom is -0.465 e. The standard InChI is InChI=1S/C10H14N2O4S2.ClH/c1-16-10(13)9-8(3-5-17-9)18(14,15)12-7-2-4-11-6-7;/h3,5,7,11-12H,2,4,6H2,1H3;1H. The summed E-state index contributed by atoms with van der Waals surface area (Å²) in [6.45, 7) is 1.40. The summed E-state index contributed by atoms with van der Waals surface area (Å²) in [5.41, 5.74) is 0. The van der Waals surface area contributed by atoms with Crippen LogP contribution < -0.4 is 10.0 Å². The normalized spacial score (nSPS) is 18.9. The van der Waals surface area contributed by atoms with Crippen LogP contribution in [0.1, 0.15) is 16.1 Å². The molecule has 19 heavy (non-hydrogen) atoms. The Bertz CT molecular complexity index is 537. The van der Waals surface area contributed by atoms with Crippen molar-refractivity contribution < 1.29 is 17.9 Å². The Morgan fingerprint density at radius 3 is 2.89 bits per heavy atom. The molecule has 1 aliphatic rings. The lowest BCUT2D eigenvalue weighted by Crippen LogP contribution is -2.36. The van der Waals surface area contributed by atoms with Gasteiger partial charge in [0.1, 0.15) is 9.77 Å². The van der Waals surface area contributed by atoms with Crippen LogP contribution in [0.25, 0.3) is 0 Å². The number of carbonyl (C=O) groups is 1. The first-order valence-corrected chi connectivity index (χ1v) is 7.80. The number of methoxy groups -OCH3 is 1. The fraction of sp³-hybridized carbons (Fsp3) is 0.500. The van der Waals surface area contributed by atoms with Gasteiger partial charge in [0.25, 0.3) is 0 Å². The monoisotopic (exact) mass is 326 g/mol. The molecular weight excluding hydrogens is 312 g/mol. The summed E-state index contributed by atoms with van der Waals surface area (Å²) >= 11 is 1.06. The highest BCUT2D eigenvalue weighted by Gasteiger charge is 2.28. The zero-order chi connectivity index (χ0) is 13.2. The van der Waals surface area contributed by atoms with E-state index in [1.807, 2.05) is 0 Å². The number of esters is 1.